The summed E-state index contributed by atoms with van der Waals surface area (Å²) in [6.07, 6.45) is 0.0141. The number of nitrogens with one attached hydrogen (secondary N) is 2. The summed E-state index contributed by atoms with van der Waals surface area (Å²) in [5, 5.41) is 5.47. The molecule has 0 saturated heterocycles. The molecular weight excluding hydrogens is 420 g/mol. The number of benzene rings is 3. The molecule has 0 aliphatic rings. The standard InChI is InChI=1S/C26H26N2O5/c1-19-11-13-20(14-12-19)17-27-26(31)22-9-5-6-10-23(22)28-24(29)18-33-25(30)15-16-32-21-7-3-2-4-8-21/h2-14H,15-18H2,1H3,(H,27,31)(H,28,29). The van der Waals surface area contributed by atoms with Gasteiger partial charge < -0.3 is 20.1 Å². The lowest BCUT2D eigenvalue weighted by Gasteiger charge is -2.12. The van der Waals surface area contributed by atoms with Crippen molar-refractivity contribution in [2.75, 3.05) is 18.5 Å². The molecular formula is C26H26N2O5. The Hall–Kier alpha value is -4.13. The summed E-state index contributed by atoms with van der Waals surface area (Å²) in [7, 11) is 0. The lowest BCUT2D eigenvalue weighted by atomic mass is 10.1. The SMILES string of the molecule is Cc1ccc(CNC(=O)c2ccccc2NC(=O)COC(=O)CCOc2ccccc2)cc1. The lowest BCUT2D eigenvalue weighted by Crippen LogP contribution is -2.26. The van der Waals surface area contributed by atoms with Gasteiger partial charge in [0, 0.05) is 6.54 Å². The van der Waals surface area contributed by atoms with E-state index in [1.54, 1.807) is 36.4 Å². The summed E-state index contributed by atoms with van der Waals surface area (Å²) in [5.74, 6) is -0.752. The number of esters is 1. The van der Waals surface area contributed by atoms with E-state index in [-0.39, 0.29) is 18.9 Å². The van der Waals surface area contributed by atoms with Crippen LogP contribution in [0.2, 0.25) is 0 Å². The van der Waals surface area contributed by atoms with Crippen molar-refractivity contribution in [3.8, 4) is 5.75 Å². The highest BCUT2D eigenvalue weighted by molar-refractivity contribution is 6.04. The Morgan fingerprint density at radius 1 is 0.848 bits per heavy atom. The smallest absolute Gasteiger partial charge is 0.309 e. The second kappa shape index (κ2) is 12.0. The van der Waals surface area contributed by atoms with Crippen LogP contribution in [0.3, 0.4) is 0 Å². The second-order valence-electron chi connectivity index (χ2n) is 7.33. The van der Waals surface area contributed by atoms with Crippen LogP contribution >= 0.6 is 0 Å². The summed E-state index contributed by atoms with van der Waals surface area (Å²) in [6, 6.07) is 23.6. The molecule has 0 spiro atoms. The molecule has 7 heteroatoms. The average Bonchev–Trinajstić information content (AvgIpc) is 2.83. The van der Waals surface area contributed by atoms with Crippen LogP contribution in [0.5, 0.6) is 5.75 Å². The third-order valence-corrected chi connectivity index (χ3v) is 4.70. The van der Waals surface area contributed by atoms with E-state index in [9.17, 15) is 14.4 Å². The van der Waals surface area contributed by atoms with E-state index in [4.69, 9.17) is 9.47 Å². The molecule has 0 heterocycles. The number of para-hydroxylation sites is 2. The molecule has 0 aliphatic carbocycles. The summed E-state index contributed by atoms with van der Waals surface area (Å²) in [6.45, 7) is 2.05. The molecule has 0 atom stereocenters. The Labute approximate surface area is 192 Å². The normalized spacial score (nSPS) is 10.2. The highest BCUT2D eigenvalue weighted by Gasteiger charge is 2.14. The number of ether oxygens (including phenoxy) is 2. The van der Waals surface area contributed by atoms with Crippen LogP contribution in [0.4, 0.5) is 5.69 Å². The van der Waals surface area contributed by atoms with E-state index in [0.717, 1.165) is 11.1 Å². The van der Waals surface area contributed by atoms with Crippen molar-refractivity contribution in [2.45, 2.75) is 19.9 Å². The topological polar surface area (TPSA) is 93.7 Å². The van der Waals surface area contributed by atoms with Crippen LogP contribution in [-0.2, 0) is 20.9 Å². The van der Waals surface area contributed by atoms with E-state index in [2.05, 4.69) is 10.6 Å². The summed E-state index contributed by atoms with van der Waals surface area (Å²) in [4.78, 5) is 36.7. The predicted molar refractivity (Wildman–Crippen MR) is 125 cm³/mol. The number of amides is 2. The minimum Gasteiger partial charge on any atom is -0.493 e. The maximum atomic E-state index is 12.6. The molecule has 7 nitrogen and oxygen atoms in total. The van der Waals surface area contributed by atoms with Gasteiger partial charge in [-0.15, -0.1) is 0 Å². The molecule has 2 amide bonds. The monoisotopic (exact) mass is 446 g/mol. The first-order valence-electron chi connectivity index (χ1n) is 10.6. The van der Waals surface area contributed by atoms with Crippen molar-refractivity contribution < 1.29 is 23.9 Å². The van der Waals surface area contributed by atoms with Crippen LogP contribution in [0.25, 0.3) is 0 Å². The van der Waals surface area contributed by atoms with E-state index >= 15 is 0 Å². The molecule has 0 aliphatic heterocycles. The Morgan fingerprint density at radius 3 is 2.30 bits per heavy atom. The molecule has 3 aromatic rings. The molecule has 0 fully saturated rings. The molecule has 0 aromatic heterocycles. The van der Waals surface area contributed by atoms with Gasteiger partial charge in [0.15, 0.2) is 6.61 Å². The second-order valence-corrected chi connectivity index (χ2v) is 7.33. The van der Waals surface area contributed by atoms with Gasteiger partial charge in [-0.25, -0.2) is 0 Å². The fourth-order valence-corrected chi connectivity index (χ4v) is 2.95. The van der Waals surface area contributed by atoms with Crippen LogP contribution in [0, 0.1) is 6.92 Å². The zero-order valence-electron chi connectivity index (χ0n) is 18.4. The largest absolute Gasteiger partial charge is 0.493 e. The zero-order valence-corrected chi connectivity index (χ0v) is 18.4. The van der Waals surface area contributed by atoms with E-state index < -0.39 is 18.5 Å². The number of rotatable bonds is 10. The molecule has 170 valence electrons. The van der Waals surface area contributed by atoms with Crippen molar-refractivity contribution in [3.05, 3.63) is 95.6 Å². The molecule has 2 N–H and O–H groups in total. The highest BCUT2D eigenvalue weighted by atomic mass is 16.5. The van der Waals surface area contributed by atoms with E-state index in [0.29, 0.717) is 23.5 Å². The number of carbonyl (C=O) groups excluding carboxylic acids is 3. The molecule has 0 saturated carbocycles. The van der Waals surface area contributed by atoms with Crippen molar-refractivity contribution >= 4 is 23.5 Å². The maximum Gasteiger partial charge on any atom is 0.309 e. The van der Waals surface area contributed by atoms with Gasteiger partial charge in [-0.3, -0.25) is 14.4 Å². The molecule has 33 heavy (non-hydrogen) atoms. The van der Waals surface area contributed by atoms with Crippen molar-refractivity contribution in [3.63, 3.8) is 0 Å². The van der Waals surface area contributed by atoms with Gasteiger partial charge >= 0.3 is 5.97 Å². The first kappa shape index (κ1) is 23.5. The van der Waals surface area contributed by atoms with E-state index in [1.165, 1.54) is 0 Å². The summed E-state index contributed by atoms with van der Waals surface area (Å²) >= 11 is 0. The Morgan fingerprint density at radius 2 is 1.55 bits per heavy atom. The third-order valence-electron chi connectivity index (χ3n) is 4.70. The number of carbonyl (C=O) groups is 3. The number of anilines is 1. The first-order valence-corrected chi connectivity index (χ1v) is 10.6. The Balaban J connectivity index is 1.45. The van der Waals surface area contributed by atoms with Gasteiger partial charge in [0.1, 0.15) is 5.75 Å². The average molecular weight is 447 g/mol. The molecule has 0 radical (unpaired) electrons. The molecule has 3 aromatic carbocycles. The minimum atomic E-state index is -0.551. The van der Waals surface area contributed by atoms with Crippen molar-refractivity contribution in [2.24, 2.45) is 0 Å². The van der Waals surface area contributed by atoms with Crippen molar-refractivity contribution in [1.82, 2.24) is 5.32 Å². The third kappa shape index (κ3) is 7.81. The molecule has 0 unspecified atom stereocenters. The Kier molecular flexibility index (Phi) is 8.59. The molecule has 3 rings (SSSR count). The lowest BCUT2D eigenvalue weighted by molar-refractivity contribution is -0.147. The number of hydrogen-bond donors (Lipinski definition) is 2. The number of hydrogen-bond acceptors (Lipinski definition) is 5. The van der Waals surface area contributed by atoms with Gasteiger partial charge in [-0.2, -0.15) is 0 Å². The van der Waals surface area contributed by atoms with Crippen LogP contribution in [-0.4, -0.2) is 31.0 Å². The summed E-state index contributed by atoms with van der Waals surface area (Å²) < 4.78 is 10.4. The van der Waals surface area contributed by atoms with Crippen LogP contribution < -0.4 is 15.4 Å². The fraction of sp³-hybridized carbons (Fsp3) is 0.192. The minimum absolute atomic E-state index is 0.0141. The highest BCUT2D eigenvalue weighted by Crippen LogP contribution is 2.15. The molecule has 0 bridgehead atoms. The summed E-state index contributed by atoms with van der Waals surface area (Å²) in [5.41, 5.74) is 2.77. The van der Waals surface area contributed by atoms with Crippen LogP contribution in [0.1, 0.15) is 27.9 Å². The quantitative estimate of drug-likeness (QED) is 0.461. The van der Waals surface area contributed by atoms with Crippen molar-refractivity contribution in [1.29, 1.82) is 0 Å². The fourth-order valence-electron chi connectivity index (χ4n) is 2.95. The van der Waals surface area contributed by atoms with Gasteiger partial charge in [0.2, 0.25) is 0 Å². The number of aryl methyl sites for hydroxylation is 1. The van der Waals surface area contributed by atoms with E-state index in [1.807, 2.05) is 49.4 Å². The van der Waals surface area contributed by atoms with Gasteiger partial charge in [-0.1, -0.05) is 60.2 Å². The van der Waals surface area contributed by atoms with Gasteiger partial charge in [0.05, 0.1) is 24.3 Å². The zero-order chi connectivity index (χ0) is 23.5. The van der Waals surface area contributed by atoms with Gasteiger partial charge in [-0.05, 0) is 36.8 Å². The van der Waals surface area contributed by atoms with Gasteiger partial charge in [0.25, 0.3) is 11.8 Å². The first-order chi connectivity index (χ1) is 16.0. The Bertz CT molecular complexity index is 1080. The maximum absolute atomic E-state index is 12.6. The van der Waals surface area contributed by atoms with Crippen LogP contribution in [0.15, 0.2) is 78.9 Å². The predicted octanol–water partition coefficient (Wildman–Crippen LogP) is 3.88.